The lowest BCUT2D eigenvalue weighted by Crippen LogP contribution is -2.36. The van der Waals surface area contributed by atoms with Crippen molar-refractivity contribution >= 4 is 28.8 Å². The number of nitrogens with one attached hydrogen (secondary N) is 1. The number of nitrogens with zero attached hydrogens (tertiary/aromatic N) is 3. The highest BCUT2D eigenvalue weighted by atomic mass is 19.4. The highest BCUT2D eigenvalue weighted by Crippen LogP contribution is 2.24. The molecule has 33 heavy (non-hydrogen) atoms. The molecule has 1 aliphatic heterocycles. The Bertz CT molecular complexity index is 1020. The SMILES string of the molecule is CCOC(N)=CC(=Nc1ccc(NC(=O)c2cccc(N3CCOCC3)c2)nc1)C(F)(F)F. The third-order valence-electron chi connectivity index (χ3n) is 4.60. The Morgan fingerprint density at radius 3 is 2.70 bits per heavy atom. The van der Waals surface area contributed by atoms with Crippen LogP contribution in [0, 0.1) is 0 Å². The lowest BCUT2D eigenvalue weighted by molar-refractivity contribution is -0.0578. The summed E-state index contributed by atoms with van der Waals surface area (Å²) in [4.78, 5) is 22.3. The Morgan fingerprint density at radius 2 is 2.06 bits per heavy atom. The molecule has 3 rings (SSSR count). The molecule has 1 saturated heterocycles. The number of morpholine rings is 1. The van der Waals surface area contributed by atoms with Crippen LogP contribution in [-0.2, 0) is 9.47 Å². The van der Waals surface area contributed by atoms with Crippen molar-refractivity contribution in [1.29, 1.82) is 0 Å². The number of carbonyl (C=O) groups excluding carboxylic acids is 1. The summed E-state index contributed by atoms with van der Waals surface area (Å²) < 4.78 is 49.9. The van der Waals surface area contributed by atoms with Crippen molar-refractivity contribution in [2.75, 3.05) is 43.1 Å². The summed E-state index contributed by atoms with van der Waals surface area (Å²) in [5.74, 6) is -0.615. The van der Waals surface area contributed by atoms with Crippen LogP contribution in [0.1, 0.15) is 17.3 Å². The lowest BCUT2D eigenvalue weighted by atomic mass is 10.1. The molecule has 1 fully saturated rings. The van der Waals surface area contributed by atoms with Gasteiger partial charge in [0, 0.05) is 30.4 Å². The summed E-state index contributed by atoms with van der Waals surface area (Å²) in [6, 6.07) is 9.81. The van der Waals surface area contributed by atoms with Gasteiger partial charge in [-0.15, -0.1) is 0 Å². The fourth-order valence-corrected chi connectivity index (χ4v) is 3.04. The van der Waals surface area contributed by atoms with Gasteiger partial charge >= 0.3 is 6.18 Å². The number of rotatable bonds is 7. The van der Waals surface area contributed by atoms with E-state index >= 15 is 0 Å². The molecule has 0 unspecified atom stereocenters. The Kier molecular flexibility index (Phi) is 7.88. The van der Waals surface area contributed by atoms with Crippen LogP contribution in [0.15, 0.2) is 59.5 Å². The van der Waals surface area contributed by atoms with E-state index in [9.17, 15) is 18.0 Å². The fraction of sp³-hybridized carbons (Fsp3) is 0.318. The Morgan fingerprint density at radius 1 is 1.30 bits per heavy atom. The summed E-state index contributed by atoms with van der Waals surface area (Å²) in [6.07, 6.45) is -3.00. The van der Waals surface area contributed by atoms with Crippen molar-refractivity contribution in [2.45, 2.75) is 13.1 Å². The lowest BCUT2D eigenvalue weighted by Gasteiger charge is -2.29. The van der Waals surface area contributed by atoms with Crippen LogP contribution in [0.3, 0.4) is 0 Å². The normalized spacial score (nSPS) is 15.3. The third kappa shape index (κ3) is 6.94. The summed E-state index contributed by atoms with van der Waals surface area (Å²) in [7, 11) is 0. The zero-order chi connectivity index (χ0) is 23.8. The van der Waals surface area contributed by atoms with E-state index in [1.54, 1.807) is 25.1 Å². The molecule has 11 heteroatoms. The van der Waals surface area contributed by atoms with Crippen LogP contribution in [0.2, 0.25) is 0 Å². The first-order valence-corrected chi connectivity index (χ1v) is 10.2. The first-order chi connectivity index (χ1) is 15.8. The minimum absolute atomic E-state index is 0.0600. The Balaban J connectivity index is 1.71. The van der Waals surface area contributed by atoms with E-state index in [0.29, 0.717) is 24.9 Å². The number of carbonyl (C=O) groups is 1. The first-order valence-electron chi connectivity index (χ1n) is 10.2. The fourth-order valence-electron chi connectivity index (χ4n) is 3.04. The number of benzene rings is 1. The molecule has 1 aromatic heterocycles. The number of hydrogen-bond acceptors (Lipinski definition) is 7. The van der Waals surface area contributed by atoms with E-state index in [1.165, 1.54) is 12.1 Å². The zero-order valence-electron chi connectivity index (χ0n) is 17.9. The predicted octanol–water partition coefficient (Wildman–Crippen LogP) is 3.64. The van der Waals surface area contributed by atoms with Crippen molar-refractivity contribution in [3.05, 3.63) is 60.1 Å². The van der Waals surface area contributed by atoms with Crippen molar-refractivity contribution in [3.63, 3.8) is 0 Å². The number of allylic oxidation sites excluding steroid dienone is 1. The molecule has 1 amide bonds. The monoisotopic (exact) mass is 463 g/mol. The maximum absolute atomic E-state index is 13.2. The van der Waals surface area contributed by atoms with E-state index in [-0.39, 0.29) is 18.1 Å². The smallest absolute Gasteiger partial charge is 0.433 e. The maximum atomic E-state index is 13.2. The second kappa shape index (κ2) is 10.8. The molecule has 0 spiro atoms. The minimum atomic E-state index is -4.74. The van der Waals surface area contributed by atoms with E-state index in [2.05, 4.69) is 20.2 Å². The van der Waals surface area contributed by atoms with Crippen LogP contribution in [0.25, 0.3) is 0 Å². The molecule has 2 heterocycles. The van der Waals surface area contributed by atoms with E-state index < -0.39 is 23.7 Å². The van der Waals surface area contributed by atoms with Crippen LogP contribution in [-0.4, -0.2) is 55.7 Å². The second-order valence-electron chi connectivity index (χ2n) is 6.98. The van der Waals surface area contributed by atoms with Crippen molar-refractivity contribution in [1.82, 2.24) is 4.98 Å². The highest BCUT2D eigenvalue weighted by molar-refractivity contribution is 6.04. The van der Waals surface area contributed by atoms with Crippen LogP contribution < -0.4 is 16.0 Å². The molecular formula is C22H24F3N5O3. The number of ether oxygens (including phenoxy) is 2. The topological polar surface area (TPSA) is 102 Å². The molecule has 0 radical (unpaired) electrons. The summed E-state index contributed by atoms with van der Waals surface area (Å²) in [5.41, 5.74) is 5.46. The van der Waals surface area contributed by atoms with Crippen LogP contribution in [0.4, 0.5) is 30.4 Å². The van der Waals surface area contributed by atoms with Crippen LogP contribution >= 0.6 is 0 Å². The molecule has 0 saturated carbocycles. The summed E-state index contributed by atoms with van der Waals surface area (Å²) in [6.45, 7) is 4.44. The summed E-state index contributed by atoms with van der Waals surface area (Å²) >= 11 is 0. The molecule has 0 aliphatic carbocycles. The predicted molar refractivity (Wildman–Crippen MR) is 119 cm³/mol. The van der Waals surface area contributed by atoms with Crippen molar-refractivity contribution in [2.24, 2.45) is 10.7 Å². The number of halogens is 3. The molecule has 0 bridgehead atoms. The maximum Gasteiger partial charge on any atom is 0.433 e. The standard InChI is InChI=1S/C22H24F3N5O3/c1-2-33-19(26)13-18(22(23,24)25)28-16-6-7-20(27-14-16)29-21(31)15-4-3-5-17(12-15)30-8-10-32-11-9-30/h3-7,12-14H,2,8-11,26H2,1H3,(H,27,29,31). The Hall–Kier alpha value is -3.60. The van der Waals surface area contributed by atoms with Crippen molar-refractivity contribution in [3.8, 4) is 0 Å². The van der Waals surface area contributed by atoms with Gasteiger partial charge in [0.05, 0.1) is 31.7 Å². The molecule has 176 valence electrons. The third-order valence-corrected chi connectivity index (χ3v) is 4.60. The number of nitrogens with two attached hydrogens (primary N) is 1. The van der Waals surface area contributed by atoms with Gasteiger partial charge in [-0.25, -0.2) is 9.98 Å². The molecule has 0 atom stereocenters. The quantitative estimate of drug-likeness (QED) is 0.480. The number of amides is 1. The number of anilines is 2. The zero-order valence-corrected chi connectivity index (χ0v) is 17.9. The number of aliphatic imine (C=N–C) groups is 1. The van der Waals surface area contributed by atoms with E-state index in [0.717, 1.165) is 25.0 Å². The Labute approximate surface area is 188 Å². The van der Waals surface area contributed by atoms with Gasteiger partial charge in [-0.1, -0.05) is 6.07 Å². The van der Waals surface area contributed by atoms with Gasteiger partial charge in [0.15, 0.2) is 5.88 Å². The molecular weight excluding hydrogens is 439 g/mol. The number of aromatic nitrogens is 1. The van der Waals surface area contributed by atoms with Crippen LogP contribution in [0.5, 0.6) is 0 Å². The van der Waals surface area contributed by atoms with Gasteiger partial charge < -0.3 is 25.4 Å². The van der Waals surface area contributed by atoms with E-state index in [4.69, 9.17) is 15.2 Å². The average Bonchev–Trinajstić information content (AvgIpc) is 2.80. The number of hydrogen-bond donors (Lipinski definition) is 2. The van der Waals surface area contributed by atoms with Gasteiger partial charge in [-0.3, -0.25) is 4.79 Å². The van der Waals surface area contributed by atoms with Gasteiger partial charge in [0.2, 0.25) is 0 Å². The second-order valence-corrected chi connectivity index (χ2v) is 6.98. The molecule has 8 nitrogen and oxygen atoms in total. The first kappa shape index (κ1) is 24.1. The van der Waals surface area contributed by atoms with E-state index in [1.807, 2.05) is 6.07 Å². The highest BCUT2D eigenvalue weighted by Gasteiger charge is 2.34. The molecule has 1 aliphatic rings. The molecule has 2 aromatic rings. The largest absolute Gasteiger partial charge is 0.480 e. The van der Waals surface area contributed by atoms with Gasteiger partial charge in [0.1, 0.15) is 11.5 Å². The molecule has 3 N–H and O–H groups in total. The average molecular weight is 463 g/mol. The van der Waals surface area contributed by atoms with Gasteiger partial charge in [-0.05, 0) is 37.3 Å². The van der Waals surface area contributed by atoms with Gasteiger partial charge in [0.25, 0.3) is 5.91 Å². The summed E-state index contributed by atoms with van der Waals surface area (Å²) in [5, 5.41) is 2.63. The number of pyridine rings is 1. The van der Waals surface area contributed by atoms with Gasteiger partial charge in [-0.2, -0.15) is 13.2 Å². The minimum Gasteiger partial charge on any atom is -0.480 e. The molecule has 1 aromatic carbocycles. The van der Waals surface area contributed by atoms with Crippen molar-refractivity contribution < 1.29 is 27.4 Å². The number of alkyl halides is 3.